The van der Waals surface area contributed by atoms with Crippen LogP contribution in [-0.4, -0.2) is 67.1 Å². The molecule has 40 heavy (non-hydrogen) atoms. The van der Waals surface area contributed by atoms with E-state index in [2.05, 4.69) is 28.8 Å². The van der Waals surface area contributed by atoms with Crippen LogP contribution in [0, 0.1) is 5.41 Å². The molecule has 2 heterocycles. The second-order valence-electron chi connectivity index (χ2n) is 12.0. The predicted molar refractivity (Wildman–Crippen MR) is 153 cm³/mol. The first-order valence-electron chi connectivity index (χ1n) is 14.0. The molecule has 0 bridgehead atoms. The summed E-state index contributed by atoms with van der Waals surface area (Å²) in [7, 11) is 0. The smallest absolute Gasteiger partial charge is 0.321 e. The van der Waals surface area contributed by atoms with E-state index in [0.717, 1.165) is 30.6 Å². The third-order valence-electron chi connectivity index (χ3n) is 8.09. The topological polar surface area (TPSA) is 123 Å². The Hall–Kier alpha value is -3.43. The number of para-hydroxylation sites is 1. The Labute approximate surface area is 236 Å². The van der Waals surface area contributed by atoms with Crippen LogP contribution in [0.1, 0.15) is 51.7 Å². The number of nitrogens with zero attached hydrogens (tertiary/aromatic N) is 1. The molecular formula is C31H42N4O5. The van der Waals surface area contributed by atoms with Crippen molar-refractivity contribution in [2.75, 3.05) is 38.1 Å². The highest BCUT2D eigenvalue weighted by Gasteiger charge is 2.45. The van der Waals surface area contributed by atoms with E-state index < -0.39 is 28.9 Å². The van der Waals surface area contributed by atoms with Crippen LogP contribution >= 0.6 is 0 Å². The first-order valence-corrected chi connectivity index (χ1v) is 14.0. The first kappa shape index (κ1) is 29.6. The second kappa shape index (κ2) is 12.0. The molecule has 0 radical (unpaired) electrons. The molecule has 2 aromatic rings. The highest BCUT2D eigenvalue weighted by Crippen LogP contribution is 2.43. The maximum Gasteiger partial charge on any atom is 0.321 e. The van der Waals surface area contributed by atoms with E-state index >= 15 is 0 Å². The van der Waals surface area contributed by atoms with Gasteiger partial charge < -0.3 is 30.7 Å². The largest absolute Gasteiger partial charge is 0.458 e. The average molecular weight is 551 g/mol. The number of carbonyl (C=O) groups excluding carboxylic acids is 3. The van der Waals surface area contributed by atoms with Gasteiger partial charge >= 0.3 is 5.97 Å². The molecule has 2 aromatic carbocycles. The van der Waals surface area contributed by atoms with Crippen molar-refractivity contribution in [3.63, 3.8) is 0 Å². The van der Waals surface area contributed by atoms with Crippen LogP contribution in [0.4, 0.5) is 5.69 Å². The van der Waals surface area contributed by atoms with Gasteiger partial charge in [-0.15, -0.1) is 0 Å². The van der Waals surface area contributed by atoms with Gasteiger partial charge in [0.1, 0.15) is 17.1 Å². The monoisotopic (exact) mass is 550 g/mol. The van der Waals surface area contributed by atoms with E-state index in [1.165, 1.54) is 19.4 Å². The Bertz CT molecular complexity index is 1210. The normalized spacial score (nSPS) is 17.1. The number of likely N-dealkylation sites (tertiary alicyclic amines) is 1. The van der Waals surface area contributed by atoms with Gasteiger partial charge in [0.15, 0.2) is 0 Å². The number of fused-ring (bicyclic) bond motifs is 2. The summed E-state index contributed by atoms with van der Waals surface area (Å²) in [6.07, 6.45) is 1.64. The summed E-state index contributed by atoms with van der Waals surface area (Å²) >= 11 is 0. The summed E-state index contributed by atoms with van der Waals surface area (Å²) < 4.78 is 11.4. The van der Waals surface area contributed by atoms with Crippen molar-refractivity contribution in [3.8, 4) is 0 Å². The molecule has 4 rings (SSSR count). The van der Waals surface area contributed by atoms with Crippen molar-refractivity contribution >= 4 is 23.5 Å². The Kier molecular flexibility index (Phi) is 8.85. The second-order valence-corrected chi connectivity index (χ2v) is 12.0. The zero-order chi connectivity index (χ0) is 29.0. The van der Waals surface area contributed by atoms with Crippen LogP contribution < -0.4 is 16.4 Å². The Morgan fingerprint density at radius 1 is 1.02 bits per heavy atom. The van der Waals surface area contributed by atoms with Gasteiger partial charge in [0, 0.05) is 37.3 Å². The van der Waals surface area contributed by atoms with Crippen LogP contribution in [0.2, 0.25) is 0 Å². The van der Waals surface area contributed by atoms with E-state index in [9.17, 15) is 14.4 Å². The molecule has 1 unspecified atom stereocenters. The molecular weight excluding hydrogens is 508 g/mol. The van der Waals surface area contributed by atoms with Gasteiger partial charge in [-0.1, -0.05) is 48.5 Å². The van der Waals surface area contributed by atoms with Crippen molar-refractivity contribution in [1.82, 2.24) is 10.2 Å². The zero-order valence-electron chi connectivity index (χ0n) is 24.0. The number of amides is 2. The lowest BCUT2D eigenvalue weighted by molar-refractivity contribution is -0.170. The molecule has 1 atom stereocenters. The van der Waals surface area contributed by atoms with Crippen molar-refractivity contribution in [3.05, 3.63) is 65.7 Å². The lowest BCUT2D eigenvalue weighted by Gasteiger charge is -2.40. The number of hydrogen-bond donors (Lipinski definition) is 3. The van der Waals surface area contributed by atoms with Crippen LogP contribution in [0.15, 0.2) is 54.6 Å². The fourth-order valence-electron chi connectivity index (χ4n) is 5.18. The predicted octanol–water partition coefficient (Wildman–Crippen LogP) is 2.98. The van der Waals surface area contributed by atoms with Crippen molar-refractivity contribution < 1.29 is 23.9 Å². The number of esters is 1. The number of anilines is 1. The lowest BCUT2D eigenvalue weighted by atomic mass is 9.74. The fraction of sp³-hybridized carbons (Fsp3) is 0.516. The highest BCUT2D eigenvalue weighted by atomic mass is 16.6. The van der Waals surface area contributed by atoms with Gasteiger partial charge in [-0.3, -0.25) is 14.4 Å². The number of nitrogens with two attached hydrogens (primary N) is 1. The van der Waals surface area contributed by atoms with E-state index in [4.69, 9.17) is 15.2 Å². The van der Waals surface area contributed by atoms with E-state index in [1.54, 1.807) is 18.7 Å². The van der Waals surface area contributed by atoms with Gasteiger partial charge in [0.05, 0.1) is 13.2 Å². The maximum atomic E-state index is 13.8. The van der Waals surface area contributed by atoms with Gasteiger partial charge in [0.2, 0.25) is 11.8 Å². The molecule has 0 saturated carbocycles. The number of nitrogens with one attached hydrogen (secondary N) is 2. The van der Waals surface area contributed by atoms with E-state index in [-0.39, 0.29) is 24.5 Å². The minimum atomic E-state index is -1.53. The summed E-state index contributed by atoms with van der Waals surface area (Å²) in [5.74, 6) is -1.53. The Balaban J connectivity index is 1.45. The molecule has 1 spiro atoms. The zero-order valence-corrected chi connectivity index (χ0v) is 24.0. The van der Waals surface area contributed by atoms with Gasteiger partial charge in [0.25, 0.3) is 0 Å². The maximum absolute atomic E-state index is 13.8. The number of hydrogen-bond acceptors (Lipinski definition) is 7. The third-order valence-corrected chi connectivity index (χ3v) is 8.09. The number of rotatable bonds is 10. The molecule has 1 saturated heterocycles. The summed E-state index contributed by atoms with van der Waals surface area (Å²) in [4.78, 5) is 41.9. The van der Waals surface area contributed by atoms with Gasteiger partial charge in [-0.2, -0.15) is 0 Å². The summed E-state index contributed by atoms with van der Waals surface area (Å²) in [6.45, 7) is 8.70. The third kappa shape index (κ3) is 6.47. The van der Waals surface area contributed by atoms with Crippen LogP contribution in [0.25, 0.3) is 0 Å². The molecule has 2 aliphatic heterocycles. The minimum Gasteiger partial charge on any atom is -0.458 e. The standard InChI is InChI=1S/C31H42N4O5/c1-29(2,20-32)40-28(38)30(3,4)27(37)34-25(19-39-18-22-10-6-5-7-11-22)26(36)35-16-14-31(15-17-35)21-33-24-13-9-8-12-23(24)31/h5-13,25,33H,14-21,32H2,1-4H3,(H,34,37). The van der Waals surface area contributed by atoms with Crippen LogP contribution in [-0.2, 0) is 35.9 Å². The summed E-state index contributed by atoms with van der Waals surface area (Å²) in [5.41, 5.74) is 6.67. The molecule has 2 amide bonds. The van der Waals surface area contributed by atoms with Gasteiger partial charge in [-0.05, 0) is 57.7 Å². The van der Waals surface area contributed by atoms with Crippen molar-refractivity contribution in [2.24, 2.45) is 11.1 Å². The minimum absolute atomic E-state index is 0.00251. The van der Waals surface area contributed by atoms with Crippen LogP contribution in [0.5, 0.6) is 0 Å². The number of ether oxygens (including phenoxy) is 2. The molecule has 1 fully saturated rings. The molecule has 9 heteroatoms. The fourth-order valence-corrected chi connectivity index (χ4v) is 5.18. The Morgan fingerprint density at radius 2 is 1.68 bits per heavy atom. The van der Waals surface area contributed by atoms with E-state index in [0.29, 0.717) is 19.7 Å². The summed E-state index contributed by atoms with van der Waals surface area (Å²) in [6, 6.07) is 17.0. The number of benzene rings is 2. The number of carbonyl (C=O) groups is 3. The molecule has 9 nitrogen and oxygen atoms in total. The van der Waals surface area contributed by atoms with Crippen molar-refractivity contribution in [1.29, 1.82) is 0 Å². The molecule has 216 valence electrons. The van der Waals surface area contributed by atoms with Gasteiger partial charge in [-0.25, -0.2) is 0 Å². The van der Waals surface area contributed by atoms with E-state index in [1.807, 2.05) is 36.4 Å². The average Bonchev–Trinajstić information content (AvgIpc) is 3.30. The quantitative estimate of drug-likeness (QED) is 0.307. The van der Waals surface area contributed by atoms with Crippen molar-refractivity contribution in [2.45, 2.75) is 64.2 Å². The molecule has 4 N–H and O–H groups in total. The SMILES string of the molecule is CC(C)(CN)OC(=O)C(C)(C)C(=O)NC(COCc1ccccc1)C(=O)N1CCC2(CC1)CNc1ccccc12. The number of piperidine rings is 1. The Morgan fingerprint density at radius 3 is 2.35 bits per heavy atom. The highest BCUT2D eigenvalue weighted by molar-refractivity contribution is 6.03. The lowest BCUT2D eigenvalue weighted by Crippen LogP contribution is -2.57. The molecule has 0 aliphatic carbocycles. The first-order chi connectivity index (χ1) is 19.0. The van der Waals surface area contributed by atoms with Crippen LogP contribution in [0.3, 0.4) is 0 Å². The molecule has 2 aliphatic rings. The molecule has 0 aromatic heterocycles. The summed E-state index contributed by atoms with van der Waals surface area (Å²) in [5, 5.41) is 6.31.